The molecule has 0 aliphatic rings. The van der Waals surface area contributed by atoms with Gasteiger partial charge in [0.25, 0.3) is 5.56 Å². The standard InChI is InChI=1S/C22H24ClN7O4.C2HF3O2/c1-13-9-26-20(28-29-22(33)34-12-16-5-3-4-6-17(16)23)21(32)30(13)11-19(31)25-10-15-7-8-18(24)27-14(15)2;3-2(4,5)1(6)7/h3-9H,10-12H2,1-2H3,(H2,24,27)(H,25,31)(H,26,28)(H,29,33);(H,6,7). The van der Waals surface area contributed by atoms with Gasteiger partial charge in [0.05, 0.1) is 0 Å². The number of nitrogen functional groups attached to an aromatic ring is 1. The van der Waals surface area contributed by atoms with Crippen molar-refractivity contribution in [3.63, 3.8) is 0 Å². The fraction of sp³-hybridized carbons (Fsp3) is 0.250. The molecule has 0 spiro atoms. The molecular weight excluding hydrogens is 575 g/mol. The van der Waals surface area contributed by atoms with E-state index in [2.05, 4.69) is 26.1 Å². The molecule has 17 heteroatoms. The summed E-state index contributed by atoms with van der Waals surface area (Å²) in [4.78, 5) is 54.2. The number of carboxylic acid groups (broad SMARTS) is 1. The van der Waals surface area contributed by atoms with Crippen LogP contribution in [0.25, 0.3) is 0 Å². The molecule has 0 bridgehead atoms. The lowest BCUT2D eigenvalue weighted by molar-refractivity contribution is -0.192. The number of hydrazine groups is 1. The second kappa shape index (κ2) is 14.5. The van der Waals surface area contributed by atoms with Gasteiger partial charge in [0.15, 0.2) is 0 Å². The molecule has 2 aromatic heterocycles. The van der Waals surface area contributed by atoms with E-state index in [0.29, 0.717) is 27.8 Å². The van der Waals surface area contributed by atoms with Gasteiger partial charge >= 0.3 is 18.2 Å². The number of ether oxygens (including phenoxy) is 1. The Kier molecular flexibility index (Phi) is 11.4. The molecule has 2 heterocycles. The van der Waals surface area contributed by atoms with E-state index in [0.717, 1.165) is 5.56 Å². The number of halogens is 4. The largest absolute Gasteiger partial charge is 0.490 e. The molecule has 3 aromatic rings. The van der Waals surface area contributed by atoms with Crippen molar-refractivity contribution < 1.29 is 37.4 Å². The number of aromatic nitrogens is 3. The summed E-state index contributed by atoms with van der Waals surface area (Å²) < 4.78 is 38.0. The van der Waals surface area contributed by atoms with Crippen LogP contribution in [0, 0.1) is 13.8 Å². The van der Waals surface area contributed by atoms with Gasteiger partial charge in [0.1, 0.15) is 19.0 Å². The van der Waals surface area contributed by atoms with Crippen LogP contribution in [0.1, 0.15) is 22.5 Å². The van der Waals surface area contributed by atoms with Crippen LogP contribution < -0.4 is 27.5 Å². The third kappa shape index (κ3) is 10.3. The number of hydrogen-bond acceptors (Lipinski definition) is 9. The summed E-state index contributed by atoms with van der Waals surface area (Å²) >= 11 is 6.02. The second-order valence-corrected chi connectivity index (χ2v) is 8.52. The Bertz CT molecular complexity index is 1470. The lowest BCUT2D eigenvalue weighted by Gasteiger charge is -2.13. The van der Waals surface area contributed by atoms with E-state index < -0.39 is 23.8 Å². The molecule has 41 heavy (non-hydrogen) atoms. The van der Waals surface area contributed by atoms with E-state index in [-0.39, 0.29) is 31.4 Å². The van der Waals surface area contributed by atoms with Crippen LogP contribution in [0.2, 0.25) is 5.02 Å². The van der Waals surface area contributed by atoms with Crippen molar-refractivity contribution >= 4 is 41.2 Å². The van der Waals surface area contributed by atoms with Gasteiger partial charge in [-0.3, -0.25) is 19.6 Å². The molecule has 3 rings (SSSR count). The molecule has 0 aliphatic carbocycles. The Morgan fingerprint density at radius 2 is 1.78 bits per heavy atom. The summed E-state index contributed by atoms with van der Waals surface area (Å²) in [6.45, 7) is 3.38. The Morgan fingerprint density at radius 1 is 1.12 bits per heavy atom. The predicted octanol–water partition coefficient (Wildman–Crippen LogP) is 2.69. The smallest absolute Gasteiger partial charge is 0.475 e. The summed E-state index contributed by atoms with van der Waals surface area (Å²) in [7, 11) is 0. The van der Waals surface area contributed by atoms with Crippen molar-refractivity contribution in [3.8, 4) is 0 Å². The van der Waals surface area contributed by atoms with Crippen LogP contribution >= 0.6 is 11.6 Å². The average Bonchev–Trinajstić information content (AvgIpc) is 2.89. The maximum absolute atomic E-state index is 12.8. The van der Waals surface area contributed by atoms with E-state index in [1.165, 1.54) is 10.8 Å². The molecule has 0 radical (unpaired) electrons. The Labute approximate surface area is 235 Å². The number of alkyl halides is 3. The fourth-order valence-electron chi connectivity index (χ4n) is 2.95. The van der Waals surface area contributed by atoms with Gasteiger partial charge in [-0.15, -0.1) is 0 Å². The molecule has 6 N–H and O–H groups in total. The minimum Gasteiger partial charge on any atom is -0.475 e. The summed E-state index contributed by atoms with van der Waals surface area (Å²) in [5.41, 5.74) is 12.3. The number of carboxylic acids is 1. The molecule has 0 saturated carbocycles. The van der Waals surface area contributed by atoms with Crippen LogP contribution in [0.4, 0.5) is 29.6 Å². The van der Waals surface area contributed by atoms with Crippen molar-refractivity contribution in [2.45, 2.75) is 39.7 Å². The first kappa shape index (κ1) is 32.4. The number of carbonyl (C=O) groups excluding carboxylic acids is 2. The van der Waals surface area contributed by atoms with E-state index in [4.69, 9.17) is 32.0 Å². The lowest BCUT2D eigenvalue weighted by Crippen LogP contribution is -2.38. The number of nitrogens with two attached hydrogens (primary N) is 1. The first-order valence-electron chi connectivity index (χ1n) is 11.5. The van der Waals surface area contributed by atoms with Crippen LogP contribution in [-0.4, -0.2) is 43.8 Å². The van der Waals surface area contributed by atoms with Crippen LogP contribution in [0.5, 0.6) is 0 Å². The Balaban J connectivity index is 0.000000745. The molecule has 220 valence electrons. The molecule has 0 aliphatic heterocycles. The Morgan fingerprint density at radius 3 is 2.39 bits per heavy atom. The summed E-state index contributed by atoms with van der Waals surface area (Å²) in [5, 5.41) is 10.3. The Hall–Kier alpha value is -4.86. The lowest BCUT2D eigenvalue weighted by atomic mass is 10.2. The topological polar surface area (TPSA) is 191 Å². The minimum absolute atomic E-state index is 0.0537. The number of aliphatic carboxylic acids is 1. The van der Waals surface area contributed by atoms with Gasteiger partial charge < -0.3 is 20.9 Å². The zero-order chi connectivity index (χ0) is 30.7. The van der Waals surface area contributed by atoms with Crippen LogP contribution in [0.3, 0.4) is 0 Å². The van der Waals surface area contributed by atoms with Gasteiger partial charge in [0.2, 0.25) is 11.7 Å². The molecule has 0 atom stereocenters. The molecule has 0 unspecified atom stereocenters. The highest BCUT2D eigenvalue weighted by atomic mass is 35.5. The van der Waals surface area contributed by atoms with Crippen LogP contribution in [0.15, 0.2) is 47.4 Å². The maximum atomic E-state index is 12.8. The highest BCUT2D eigenvalue weighted by molar-refractivity contribution is 6.31. The van der Waals surface area contributed by atoms with Gasteiger partial charge in [-0.2, -0.15) is 13.2 Å². The summed E-state index contributed by atoms with van der Waals surface area (Å²) in [5.74, 6) is -2.92. The van der Waals surface area contributed by atoms with E-state index in [1.807, 2.05) is 0 Å². The monoisotopic (exact) mass is 599 g/mol. The van der Waals surface area contributed by atoms with Gasteiger partial charge in [-0.05, 0) is 31.5 Å². The molecule has 13 nitrogen and oxygen atoms in total. The number of hydrogen-bond donors (Lipinski definition) is 5. The highest BCUT2D eigenvalue weighted by Gasteiger charge is 2.38. The molecule has 0 fully saturated rings. The van der Waals surface area contributed by atoms with E-state index >= 15 is 0 Å². The molecular formula is C24H25ClF3N7O6. The minimum atomic E-state index is -5.08. The van der Waals surface area contributed by atoms with Crippen molar-refractivity contribution in [2.75, 3.05) is 11.2 Å². The molecule has 0 saturated heterocycles. The normalized spacial score (nSPS) is 10.6. The number of pyridine rings is 1. The third-order valence-electron chi connectivity index (χ3n) is 5.09. The molecule has 1 aromatic carbocycles. The summed E-state index contributed by atoms with van der Waals surface area (Å²) in [6, 6.07) is 10.4. The van der Waals surface area contributed by atoms with E-state index in [1.54, 1.807) is 50.2 Å². The van der Waals surface area contributed by atoms with E-state index in [9.17, 15) is 27.6 Å². The quantitative estimate of drug-likeness (QED) is 0.241. The second-order valence-electron chi connectivity index (χ2n) is 8.12. The maximum Gasteiger partial charge on any atom is 0.490 e. The van der Waals surface area contributed by atoms with Crippen molar-refractivity contribution in [1.82, 2.24) is 25.3 Å². The van der Waals surface area contributed by atoms with Crippen molar-refractivity contribution in [2.24, 2.45) is 0 Å². The van der Waals surface area contributed by atoms with Gasteiger partial charge in [0, 0.05) is 34.7 Å². The zero-order valence-corrected chi connectivity index (χ0v) is 22.3. The molecule has 2 amide bonds. The number of anilines is 2. The predicted molar refractivity (Wildman–Crippen MR) is 141 cm³/mol. The number of aryl methyl sites for hydroxylation is 2. The number of carbonyl (C=O) groups is 3. The first-order valence-corrected chi connectivity index (χ1v) is 11.8. The number of benzene rings is 1. The van der Waals surface area contributed by atoms with Gasteiger partial charge in [-0.25, -0.2) is 25.0 Å². The number of rotatable bonds is 8. The van der Waals surface area contributed by atoms with Gasteiger partial charge in [-0.1, -0.05) is 35.9 Å². The van der Waals surface area contributed by atoms with Crippen molar-refractivity contribution in [1.29, 1.82) is 0 Å². The number of nitrogens with zero attached hydrogens (tertiary/aromatic N) is 3. The number of nitrogens with one attached hydrogen (secondary N) is 3. The summed E-state index contributed by atoms with van der Waals surface area (Å²) in [6.07, 6.45) is -4.51. The zero-order valence-electron chi connectivity index (χ0n) is 21.6. The van der Waals surface area contributed by atoms with Crippen LogP contribution in [-0.2, 0) is 34.0 Å². The highest BCUT2D eigenvalue weighted by Crippen LogP contribution is 2.15. The fourth-order valence-corrected chi connectivity index (χ4v) is 3.14. The SMILES string of the molecule is Cc1nc(N)ccc1CNC(=O)Cn1c(C)cnc(NNC(=O)OCc2ccccc2Cl)c1=O.O=C(O)C(F)(F)F. The number of amides is 2. The average molecular weight is 600 g/mol. The third-order valence-corrected chi connectivity index (χ3v) is 5.46. The first-order chi connectivity index (χ1) is 19.2. The van der Waals surface area contributed by atoms with Crippen molar-refractivity contribution in [3.05, 3.63) is 80.5 Å².